The van der Waals surface area contributed by atoms with Crippen molar-refractivity contribution < 1.29 is 27.9 Å². The number of amides is 2. The molecule has 34 heavy (non-hydrogen) atoms. The Morgan fingerprint density at radius 3 is 2.56 bits per heavy atom. The van der Waals surface area contributed by atoms with Crippen LogP contribution in [0.4, 0.5) is 25.0 Å². The molecule has 4 rings (SSSR count). The lowest BCUT2D eigenvalue weighted by Gasteiger charge is -2.29. The summed E-state index contributed by atoms with van der Waals surface area (Å²) in [6.45, 7) is 8.78. The number of carbonyl (C=O) groups is 2. The summed E-state index contributed by atoms with van der Waals surface area (Å²) < 4.78 is 35.3. The van der Waals surface area contributed by atoms with Gasteiger partial charge in [-0.25, -0.2) is 13.6 Å². The molecule has 3 aliphatic heterocycles. The van der Waals surface area contributed by atoms with Crippen molar-refractivity contribution in [3.63, 3.8) is 0 Å². The minimum absolute atomic E-state index is 0.0813. The number of carbonyl (C=O) groups excluding carboxylic acids is 2. The number of rotatable bonds is 7. The zero-order valence-electron chi connectivity index (χ0n) is 19.4. The van der Waals surface area contributed by atoms with Gasteiger partial charge in [0.05, 0.1) is 25.4 Å². The molecular formula is C22H32F2N6O4. The van der Waals surface area contributed by atoms with E-state index in [1.54, 1.807) is 4.90 Å². The van der Waals surface area contributed by atoms with Gasteiger partial charge in [-0.3, -0.25) is 19.4 Å². The molecule has 188 valence electrons. The van der Waals surface area contributed by atoms with Gasteiger partial charge in [0.1, 0.15) is 11.8 Å². The molecule has 0 saturated carbocycles. The number of hydroxylamine groups is 2. The van der Waals surface area contributed by atoms with Crippen LogP contribution in [-0.4, -0.2) is 107 Å². The smallest absolute Gasteiger partial charge is 0.414 e. The van der Waals surface area contributed by atoms with Gasteiger partial charge < -0.3 is 20.3 Å². The molecule has 0 unspecified atom stereocenters. The van der Waals surface area contributed by atoms with Crippen LogP contribution in [0.1, 0.15) is 6.92 Å². The largest absolute Gasteiger partial charge is 0.442 e. The van der Waals surface area contributed by atoms with Crippen molar-refractivity contribution in [2.75, 3.05) is 88.4 Å². The second-order valence-electron chi connectivity index (χ2n) is 8.65. The quantitative estimate of drug-likeness (QED) is 0.577. The van der Waals surface area contributed by atoms with Gasteiger partial charge in [-0.05, 0) is 0 Å². The van der Waals surface area contributed by atoms with Gasteiger partial charge in [-0.15, -0.1) is 0 Å². The van der Waals surface area contributed by atoms with E-state index in [9.17, 15) is 9.59 Å². The Kier molecular flexibility index (Phi) is 8.14. The van der Waals surface area contributed by atoms with Crippen molar-refractivity contribution in [3.8, 4) is 0 Å². The van der Waals surface area contributed by atoms with Crippen molar-refractivity contribution in [1.29, 1.82) is 0 Å². The first-order valence-electron chi connectivity index (χ1n) is 11.7. The summed E-state index contributed by atoms with van der Waals surface area (Å²) >= 11 is 0. The number of benzene rings is 1. The number of halogens is 2. The maximum Gasteiger partial charge on any atom is 0.414 e. The SMILES string of the molecule is CC(=O)NC[C@H]1CN(c2cc(F)c(N3CCON(CCN4CCNCC4)CC3)c(F)c2)C(=O)O1. The van der Waals surface area contributed by atoms with Gasteiger partial charge in [-0.1, -0.05) is 0 Å². The topological polar surface area (TPSA) is 89.6 Å². The number of anilines is 2. The minimum Gasteiger partial charge on any atom is -0.442 e. The van der Waals surface area contributed by atoms with Gasteiger partial charge in [0.15, 0.2) is 11.6 Å². The average Bonchev–Trinajstić information content (AvgIpc) is 3.03. The van der Waals surface area contributed by atoms with Crippen LogP contribution in [0.2, 0.25) is 0 Å². The highest BCUT2D eigenvalue weighted by Gasteiger charge is 2.34. The molecule has 1 aromatic rings. The Bertz CT molecular complexity index is 862. The third kappa shape index (κ3) is 6.12. The molecular weight excluding hydrogens is 450 g/mol. The molecule has 0 aromatic heterocycles. The van der Waals surface area contributed by atoms with Crippen LogP contribution in [0, 0.1) is 11.6 Å². The Morgan fingerprint density at radius 2 is 1.85 bits per heavy atom. The highest BCUT2D eigenvalue weighted by atomic mass is 19.1. The van der Waals surface area contributed by atoms with Crippen LogP contribution in [0.25, 0.3) is 0 Å². The van der Waals surface area contributed by atoms with Crippen LogP contribution < -0.4 is 20.4 Å². The van der Waals surface area contributed by atoms with Gasteiger partial charge >= 0.3 is 6.09 Å². The first kappa shape index (κ1) is 24.6. The van der Waals surface area contributed by atoms with E-state index >= 15 is 8.78 Å². The molecule has 0 radical (unpaired) electrons. The summed E-state index contributed by atoms with van der Waals surface area (Å²) in [5.41, 5.74) is -0.0449. The van der Waals surface area contributed by atoms with E-state index < -0.39 is 23.8 Å². The van der Waals surface area contributed by atoms with Crippen molar-refractivity contribution >= 4 is 23.4 Å². The van der Waals surface area contributed by atoms with E-state index in [-0.39, 0.29) is 30.4 Å². The van der Waals surface area contributed by atoms with E-state index in [1.807, 2.05) is 5.06 Å². The van der Waals surface area contributed by atoms with E-state index in [0.717, 1.165) is 51.4 Å². The highest BCUT2D eigenvalue weighted by Crippen LogP contribution is 2.31. The van der Waals surface area contributed by atoms with Gasteiger partial charge in [-0.2, -0.15) is 5.06 Å². The Morgan fingerprint density at radius 1 is 1.12 bits per heavy atom. The molecule has 2 amide bonds. The number of nitrogens with zero attached hydrogens (tertiary/aromatic N) is 4. The molecule has 0 spiro atoms. The van der Waals surface area contributed by atoms with Crippen molar-refractivity contribution in [2.45, 2.75) is 13.0 Å². The molecule has 1 aromatic carbocycles. The van der Waals surface area contributed by atoms with E-state index in [0.29, 0.717) is 26.2 Å². The number of hydrogen-bond acceptors (Lipinski definition) is 8. The Hall–Kier alpha value is -2.54. The summed E-state index contributed by atoms with van der Waals surface area (Å²) in [7, 11) is 0. The lowest BCUT2D eigenvalue weighted by atomic mass is 10.2. The predicted molar refractivity (Wildman–Crippen MR) is 122 cm³/mol. The number of piperazine rings is 1. The third-order valence-corrected chi connectivity index (χ3v) is 6.21. The minimum atomic E-state index is -0.748. The summed E-state index contributed by atoms with van der Waals surface area (Å²) in [5, 5.41) is 7.76. The molecule has 0 bridgehead atoms. The molecule has 10 nitrogen and oxygen atoms in total. The molecule has 3 saturated heterocycles. The Balaban J connectivity index is 1.36. The fourth-order valence-corrected chi connectivity index (χ4v) is 4.38. The predicted octanol–water partition coefficient (Wildman–Crippen LogP) is 0.385. The summed E-state index contributed by atoms with van der Waals surface area (Å²) in [6.07, 6.45) is -1.29. The zero-order valence-corrected chi connectivity index (χ0v) is 19.4. The van der Waals surface area contributed by atoms with Crippen molar-refractivity contribution in [2.24, 2.45) is 0 Å². The lowest BCUT2D eigenvalue weighted by molar-refractivity contribution is -0.150. The lowest BCUT2D eigenvalue weighted by Crippen LogP contribution is -2.46. The fraction of sp³-hybridized carbons (Fsp3) is 0.636. The average molecular weight is 483 g/mol. The number of nitrogens with one attached hydrogen (secondary N) is 2. The number of ether oxygens (including phenoxy) is 1. The fourth-order valence-electron chi connectivity index (χ4n) is 4.38. The van der Waals surface area contributed by atoms with Gasteiger partial charge in [0, 0.05) is 78.0 Å². The summed E-state index contributed by atoms with van der Waals surface area (Å²) in [6, 6.07) is 2.29. The van der Waals surface area contributed by atoms with E-state index in [4.69, 9.17) is 9.57 Å². The van der Waals surface area contributed by atoms with Crippen LogP contribution in [0.15, 0.2) is 12.1 Å². The molecule has 1 atom stereocenters. The van der Waals surface area contributed by atoms with E-state index in [1.165, 1.54) is 11.8 Å². The zero-order chi connectivity index (χ0) is 24.1. The van der Waals surface area contributed by atoms with Crippen LogP contribution in [-0.2, 0) is 14.4 Å². The van der Waals surface area contributed by atoms with Crippen molar-refractivity contribution in [1.82, 2.24) is 20.6 Å². The first-order valence-corrected chi connectivity index (χ1v) is 11.7. The Labute approximate surface area is 197 Å². The number of cyclic esters (lactones) is 1. The van der Waals surface area contributed by atoms with Gasteiger partial charge in [0.25, 0.3) is 0 Å². The second-order valence-corrected chi connectivity index (χ2v) is 8.65. The molecule has 12 heteroatoms. The molecule has 0 aliphatic carbocycles. The molecule has 3 fully saturated rings. The number of hydrogen-bond donors (Lipinski definition) is 2. The van der Waals surface area contributed by atoms with Crippen LogP contribution in [0.5, 0.6) is 0 Å². The van der Waals surface area contributed by atoms with Gasteiger partial charge in [0.2, 0.25) is 5.91 Å². The third-order valence-electron chi connectivity index (χ3n) is 6.21. The summed E-state index contributed by atoms with van der Waals surface area (Å²) in [4.78, 5) is 34.3. The van der Waals surface area contributed by atoms with E-state index in [2.05, 4.69) is 15.5 Å². The highest BCUT2D eigenvalue weighted by molar-refractivity contribution is 5.90. The van der Waals surface area contributed by atoms with Crippen LogP contribution >= 0.6 is 0 Å². The maximum atomic E-state index is 15.1. The summed E-state index contributed by atoms with van der Waals surface area (Å²) in [5.74, 6) is -1.75. The maximum absolute atomic E-state index is 15.1. The molecule has 3 heterocycles. The molecule has 2 N–H and O–H groups in total. The monoisotopic (exact) mass is 482 g/mol. The standard InChI is InChI=1S/C22H32F2N6O4/c1-16(31)26-14-18-15-30(22(32)34-18)17-12-19(23)21(20(24)13-17)28-7-9-29(33-11-10-28)8-6-27-4-2-25-3-5-27/h12-13,18,25H,2-11,14-15H2,1H3,(H,26,31)/t18-/m0/s1. The second kappa shape index (κ2) is 11.3. The molecule has 3 aliphatic rings. The van der Waals surface area contributed by atoms with Crippen LogP contribution in [0.3, 0.4) is 0 Å². The van der Waals surface area contributed by atoms with Crippen molar-refractivity contribution in [3.05, 3.63) is 23.8 Å². The normalized spacial score (nSPS) is 22.6. The first-order chi connectivity index (χ1) is 16.4.